The highest BCUT2D eigenvalue weighted by Crippen LogP contribution is 2.15. The number of carbonyl (C=O) groups is 1. The van der Waals surface area contributed by atoms with Gasteiger partial charge in [0.05, 0.1) is 6.04 Å². The normalized spacial score (nSPS) is 24.1. The van der Waals surface area contributed by atoms with Crippen molar-refractivity contribution in [2.45, 2.75) is 31.5 Å². The Balaban J connectivity index is 1.41. The van der Waals surface area contributed by atoms with Gasteiger partial charge in [0.15, 0.2) is 0 Å². The second-order valence-electron chi connectivity index (χ2n) is 5.69. The van der Waals surface area contributed by atoms with Crippen LogP contribution in [0.15, 0.2) is 24.5 Å². The van der Waals surface area contributed by atoms with Crippen LogP contribution >= 0.6 is 11.8 Å². The van der Waals surface area contributed by atoms with Gasteiger partial charge >= 0.3 is 0 Å². The lowest BCUT2D eigenvalue weighted by Gasteiger charge is -2.32. The Kier molecular flexibility index (Phi) is 5.11. The van der Waals surface area contributed by atoms with E-state index in [1.54, 1.807) is 11.8 Å². The molecule has 2 N–H and O–H groups in total. The Morgan fingerprint density at radius 3 is 2.81 bits per heavy atom. The van der Waals surface area contributed by atoms with Gasteiger partial charge in [-0.15, -0.1) is 11.8 Å². The van der Waals surface area contributed by atoms with Crippen LogP contribution in [0, 0.1) is 0 Å². The van der Waals surface area contributed by atoms with E-state index >= 15 is 0 Å². The molecule has 1 aromatic heterocycles. The third-order valence-electron chi connectivity index (χ3n) is 4.12. The van der Waals surface area contributed by atoms with E-state index in [0.29, 0.717) is 6.04 Å². The van der Waals surface area contributed by atoms with Crippen LogP contribution in [0.2, 0.25) is 0 Å². The number of rotatable bonds is 4. The van der Waals surface area contributed by atoms with Crippen molar-refractivity contribution in [3.63, 3.8) is 0 Å². The molecule has 114 valence electrons. The second kappa shape index (κ2) is 7.24. The molecule has 1 aromatic rings. The minimum Gasteiger partial charge on any atom is -0.352 e. The molecule has 0 saturated carbocycles. The first-order valence-electron chi connectivity index (χ1n) is 7.54. The summed E-state index contributed by atoms with van der Waals surface area (Å²) in [7, 11) is 0. The number of nitrogens with one attached hydrogen (secondary N) is 2. The lowest BCUT2D eigenvalue weighted by atomic mass is 10.0. The van der Waals surface area contributed by atoms with Crippen LogP contribution in [0.4, 0.5) is 0 Å². The quantitative estimate of drug-likeness (QED) is 0.863. The number of piperidine rings is 1. The lowest BCUT2D eigenvalue weighted by molar-refractivity contribution is -0.123. The number of amides is 1. The van der Waals surface area contributed by atoms with Crippen LogP contribution in [0.3, 0.4) is 0 Å². The van der Waals surface area contributed by atoms with Gasteiger partial charge in [0.25, 0.3) is 0 Å². The van der Waals surface area contributed by atoms with Crippen LogP contribution in [0.1, 0.15) is 18.4 Å². The summed E-state index contributed by atoms with van der Waals surface area (Å²) in [6.07, 6.45) is 5.76. The third kappa shape index (κ3) is 4.18. The van der Waals surface area contributed by atoms with E-state index in [1.807, 2.05) is 12.4 Å². The third-order valence-corrected chi connectivity index (χ3v) is 5.06. The number of likely N-dealkylation sites (tertiary alicyclic amines) is 1. The topological polar surface area (TPSA) is 57.3 Å². The maximum Gasteiger partial charge on any atom is 0.238 e. The number of hydrogen-bond acceptors (Lipinski definition) is 5. The van der Waals surface area contributed by atoms with Gasteiger partial charge in [0.2, 0.25) is 5.91 Å². The average Bonchev–Trinajstić information content (AvgIpc) is 3.05. The summed E-state index contributed by atoms with van der Waals surface area (Å²) in [6, 6.07) is 4.47. The van der Waals surface area contributed by atoms with Gasteiger partial charge in [-0.3, -0.25) is 20.0 Å². The van der Waals surface area contributed by atoms with Crippen molar-refractivity contribution in [2.24, 2.45) is 0 Å². The second-order valence-corrected chi connectivity index (χ2v) is 6.72. The fourth-order valence-electron chi connectivity index (χ4n) is 2.85. The zero-order valence-corrected chi connectivity index (χ0v) is 12.9. The van der Waals surface area contributed by atoms with E-state index in [1.165, 1.54) is 5.56 Å². The first kappa shape index (κ1) is 14.8. The van der Waals surface area contributed by atoms with Crippen molar-refractivity contribution in [1.29, 1.82) is 0 Å². The van der Waals surface area contributed by atoms with Crippen LogP contribution in [0.25, 0.3) is 0 Å². The maximum atomic E-state index is 12.1. The molecule has 0 spiro atoms. The summed E-state index contributed by atoms with van der Waals surface area (Å²) >= 11 is 1.79. The highest BCUT2D eigenvalue weighted by molar-refractivity contribution is 7.99. The SMILES string of the molecule is O=C(NC1CCN(Cc2ccncc2)CC1)C1CSCN1. The van der Waals surface area contributed by atoms with Crippen molar-refractivity contribution in [2.75, 3.05) is 24.7 Å². The molecule has 0 aromatic carbocycles. The summed E-state index contributed by atoms with van der Waals surface area (Å²) in [5.41, 5.74) is 1.31. The number of carbonyl (C=O) groups excluding carboxylic acids is 1. The molecule has 6 heteroatoms. The fourth-order valence-corrected chi connectivity index (χ4v) is 3.79. The van der Waals surface area contributed by atoms with Gasteiger partial charge in [0, 0.05) is 49.7 Å². The van der Waals surface area contributed by atoms with Crippen molar-refractivity contribution in [3.8, 4) is 0 Å². The number of hydrogen-bond donors (Lipinski definition) is 2. The molecule has 2 aliphatic rings. The van der Waals surface area contributed by atoms with Crippen molar-refractivity contribution in [1.82, 2.24) is 20.5 Å². The maximum absolute atomic E-state index is 12.1. The molecule has 1 unspecified atom stereocenters. The number of aromatic nitrogens is 1. The van der Waals surface area contributed by atoms with E-state index in [0.717, 1.165) is 44.1 Å². The Morgan fingerprint density at radius 2 is 2.14 bits per heavy atom. The van der Waals surface area contributed by atoms with E-state index in [2.05, 4.69) is 32.7 Å². The van der Waals surface area contributed by atoms with Crippen molar-refractivity contribution in [3.05, 3.63) is 30.1 Å². The largest absolute Gasteiger partial charge is 0.352 e. The van der Waals surface area contributed by atoms with Crippen LogP contribution in [-0.4, -0.2) is 52.6 Å². The Labute approximate surface area is 129 Å². The summed E-state index contributed by atoms with van der Waals surface area (Å²) in [5, 5.41) is 6.42. The Hall–Kier alpha value is -1.11. The fraction of sp³-hybridized carbons (Fsp3) is 0.600. The molecular formula is C15H22N4OS. The van der Waals surface area contributed by atoms with E-state index in [-0.39, 0.29) is 11.9 Å². The van der Waals surface area contributed by atoms with Crippen molar-refractivity contribution < 1.29 is 4.79 Å². The average molecular weight is 306 g/mol. The van der Waals surface area contributed by atoms with E-state index in [4.69, 9.17) is 0 Å². The summed E-state index contributed by atoms with van der Waals surface area (Å²) in [5.74, 6) is 1.96. The van der Waals surface area contributed by atoms with Crippen LogP contribution in [0.5, 0.6) is 0 Å². The molecule has 0 aliphatic carbocycles. The zero-order chi connectivity index (χ0) is 14.5. The molecule has 5 nitrogen and oxygen atoms in total. The molecule has 2 fully saturated rings. The zero-order valence-electron chi connectivity index (χ0n) is 12.1. The number of nitrogens with zero attached hydrogens (tertiary/aromatic N) is 2. The Morgan fingerprint density at radius 1 is 1.38 bits per heavy atom. The van der Waals surface area contributed by atoms with Gasteiger partial charge in [-0.2, -0.15) is 0 Å². The monoisotopic (exact) mass is 306 g/mol. The summed E-state index contributed by atoms with van der Waals surface area (Å²) in [6.45, 7) is 3.06. The van der Waals surface area contributed by atoms with Crippen molar-refractivity contribution >= 4 is 17.7 Å². The minimum atomic E-state index is 0.00449. The molecule has 1 amide bonds. The number of pyridine rings is 1. The van der Waals surface area contributed by atoms with Crippen LogP contribution in [-0.2, 0) is 11.3 Å². The minimum absolute atomic E-state index is 0.00449. The van der Waals surface area contributed by atoms with Gasteiger partial charge in [-0.05, 0) is 30.5 Å². The predicted octanol–water partition coefficient (Wildman–Crippen LogP) is 0.825. The summed E-state index contributed by atoms with van der Waals surface area (Å²) < 4.78 is 0. The molecule has 0 radical (unpaired) electrons. The van der Waals surface area contributed by atoms with E-state index in [9.17, 15) is 4.79 Å². The van der Waals surface area contributed by atoms with E-state index < -0.39 is 0 Å². The molecule has 3 rings (SSSR count). The number of thioether (sulfide) groups is 1. The lowest BCUT2D eigenvalue weighted by Crippen LogP contribution is -2.50. The molecule has 1 atom stereocenters. The van der Waals surface area contributed by atoms with Gasteiger partial charge < -0.3 is 5.32 Å². The standard InChI is InChI=1S/C15H22N4OS/c20-15(14-10-21-11-17-14)18-13-3-7-19(8-4-13)9-12-1-5-16-6-2-12/h1-2,5-6,13-14,17H,3-4,7-11H2,(H,18,20). The molecule has 3 heterocycles. The molecular weight excluding hydrogens is 284 g/mol. The molecule has 2 aliphatic heterocycles. The molecule has 2 saturated heterocycles. The smallest absolute Gasteiger partial charge is 0.238 e. The van der Waals surface area contributed by atoms with Gasteiger partial charge in [-0.1, -0.05) is 0 Å². The summed E-state index contributed by atoms with van der Waals surface area (Å²) in [4.78, 5) is 18.6. The van der Waals surface area contributed by atoms with Gasteiger partial charge in [0.1, 0.15) is 0 Å². The van der Waals surface area contributed by atoms with Crippen LogP contribution < -0.4 is 10.6 Å². The highest BCUT2D eigenvalue weighted by atomic mass is 32.2. The van der Waals surface area contributed by atoms with Gasteiger partial charge in [-0.25, -0.2) is 0 Å². The Bertz CT molecular complexity index is 456. The highest BCUT2D eigenvalue weighted by Gasteiger charge is 2.26. The predicted molar refractivity (Wildman–Crippen MR) is 84.9 cm³/mol. The molecule has 21 heavy (non-hydrogen) atoms. The first-order chi connectivity index (χ1) is 10.3. The molecule has 0 bridgehead atoms. The first-order valence-corrected chi connectivity index (χ1v) is 8.69.